The van der Waals surface area contributed by atoms with E-state index in [-0.39, 0.29) is 5.78 Å². The van der Waals surface area contributed by atoms with Gasteiger partial charge in [-0.15, -0.1) is 0 Å². The molecule has 1 atom stereocenters. The first-order valence-corrected chi connectivity index (χ1v) is 8.44. The fourth-order valence-corrected chi connectivity index (χ4v) is 3.47. The second kappa shape index (κ2) is 6.07. The lowest BCUT2D eigenvalue weighted by Gasteiger charge is -2.18. The predicted molar refractivity (Wildman–Crippen MR) is 94.4 cm³/mol. The number of H-pyrrole nitrogens is 1. The van der Waals surface area contributed by atoms with Crippen molar-refractivity contribution in [3.8, 4) is 0 Å². The van der Waals surface area contributed by atoms with Crippen molar-refractivity contribution in [2.45, 2.75) is 19.8 Å². The van der Waals surface area contributed by atoms with Crippen LogP contribution in [0.25, 0.3) is 11.0 Å². The van der Waals surface area contributed by atoms with Crippen LogP contribution in [0.15, 0.2) is 42.9 Å². The Balaban J connectivity index is 1.79. The SMILES string of the molecule is CCC1CCN(c2ncnc3[nH]cc(C(=O)c4ccccc4)c23)C1. The zero-order valence-electron chi connectivity index (χ0n) is 13.7. The van der Waals surface area contributed by atoms with Gasteiger partial charge in [0.25, 0.3) is 0 Å². The number of benzene rings is 1. The molecule has 4 rings (SSSR count). The Labute approximate surface area is 140 Å². The maximum absolute atomic E-state index is 12.9. The average Bonchev–Trinajstić information content (AvgIpc) is 3.28. The lowest BCUT2D eigenvalue weighted by atomic mass is 10.0. The first kappa shape index (κ1) is 14.9. The van der Waals surface area contributed by atoms with Gasteiger partial charge in [0, 0.05) is 24.8 Å². The summed E-state index contributed by atoms with van der Waals surface area (Å²) in [6, 6.07) is 9.36. The predicted octanol–water partition coefficient (Wildman–Crippen LogP) is 3.43. The molecule has 0 spiro atoms. The summed E-state index contributed by atoms with van der Waals surface area (Å²) in [6.45, 7) is 4.20. The number of carbonyl (C=O) groups is 1. The summed E-state index contributed by atoms with van der Waals surface area (Å²) in [4.78, 5) is 27.1. The molecular formula is C19H20N4O. The van der Waals surface area contributed by atoms with Crippen LogP contribution in [0.2, 0.25) is 0 Å². The first-order valence-electron chi connectivity index (χ1n) is 8.44. The topological polar surface area (TPSA) is 61.9 Å². The van der Waals surface area contributed by atoms with Crippen molar-refractivity contribution in [2.24, 2.45) is 5.92 Å². The average molecular weight is 320 g/mol. The van der Waals surface area contributed by atoms with Gasteiger partial charge in [0.05, 0.1) is 10.9 Å². The molecule has 5 nitrogen and oxygen atoms in total. The number of nitrogens with one attached hydrogen (secondary N) is 1. The van der Waals surface area contributed by atoms with Gasteiger partial charge in [0.1, 0.15) is 17.8 Å². The molecule has 1 N–H and O–H groups in total. The van der Waals surface area contributed by atoms with Crippen molar-refractivity contribution >= 4 is 22.6 Å². The van der Waals surface area contributed by atoms with E-state index in [1.54, 1.807) is 12.5 Å². The van der Waals surface area contributed by atoms with Crippen molar-refractivity contribution in [2.75, 3.05) is 18.0 Å². The molecule has 1 fully saturated rings. The number of hydrogen-bond acceptors (Lipinski definition) is 4. The summed E-state index contributed by atoms with van der Waals surface area (Å²) in [7, 11) is 0. The van der Waals surface area contributed by atoms with Crippen LogP contribution >= 0.6 is 0 Å². The molecule has 1 saturated heterocycles. The fourth-order valence-electron chi connectivity index (χ4n) is 3.47. The van der Waals surface area contributed by atoms with Gasteiger partial charge in [-0.1, -0.05) is 43.7 Å². The minimum atomic E-state index is 0.00383. The standard InChI is InChI=1S/C19H20N4O/c1-2-13-8-9-23(11-13)19-16-15(10-20-18(16)21-12-22-19)17(24)14-6-4-3-5-7-14/h3-7,10,12-13H,2,8-9,11H2,1H3,(H,20,21,22). The van der Waals surface area contributed by atoms with Gasteiger partial charge in [-0.2, -0.15) is 0 Å². The summed E-state index contributed by atoms with van der Waals surface area (Å²) in [5.74, 6) is 1.57. The van der Waals surface area contributed by atoms with E-state index in [1.165, 1.54) is 12.8 Å². The molecular weight excluding hydrogens is 300 g/mol. The van der Waals surface area contributed by atoms with Crippen LogP contribution in [0, 0.1) is 5.92 Å². The van der Waals surface area contributed by atoms with Gasteiger partial charge < -0.3 is 9.88 Å². The summed E-state index contributed by atoms with van der Waals surface area (Å²) in [5.41, 5.74) is 2.05. The van der Waals surface area contributed by atoms with Gasteiger partial charge in [0.15, 0.2) is 5.78 Å². The van der Waals surface area contributed by atoms with Crippen molar-refractivity contribution in [3.63, 3.8) is 0 Å². The minimum absolute atomic E-state index is 0.00383. The summed E-state index contributed by atoms with van der Waals surface area (Å²) < 4.78 is 0. The van der Waals surface area contributed by atoms with Crippen molar-refractivity contribution in [1.29, 1.82) is 0 Å². The monoisotopic (exact) mass is 320 g/mol. The number of rotatable bonds is 4. The van der Waals surface area contributed by atoms with Crippen LogP contribution in [-0.4, -0.2) is 33.8 Å². The lowest BCUT2D eigenvalue weighted by Crippen LogP contribution is -2.21. The lowest BCUT2D eigenvalue weighted by molar-refractivity contribution is 0.104. The third-order valence-corrected chi connectivity index (χ3v) is 4.89. The molecule has 1 aliphatic heterocycles. The highest BCUT2D eigenvalue weighted by molar-refractivity contribution is 6.18. The van der Waals surface area contributed by atoms with Crippen LogP contribution in [0.4, 0.5) is 5.82 Å². The van der Waals surface area contributed by atoms with Gasteiger partial charge in [-0.05, 0) is 12.3 Å². The van der Waals surface area contributed by atoms with E-state index < -0.39 is 0 Å². The molecule has 0 bridgehead atoms. The molecule has 122 valence electrons. The Bertz CT molecular complexity index is 871. The van der Waals surface area contributed by atoms with Crippen molar-refractivity contribution < 1.29 is 4.79 Å². The Hall–Kier alpha value is -2.69. The molecule has 24 heavy (non-hydrogen) atoms. The van der Waals surface area contributed by atoms with Crippen LogP contribution in [-0.2, 0) is 0 Å². The van der Waals surface area contributed by atoms with Crippen LogP contribution < -0.4 is 4.90 Å². The summed E-state index contributed by atoms with van der Waals surface area (Å²) in [5, 5.41) is 0.836. The Morgan fingerprint density at radius 2 is 2.12 bits per heavy atom. The molecule has 1 unspecified atom stereocenters. The highest BCUT2D eigenvalue weighted by Crippen LogP contribution is 2.32. The summed E-state index contributed by atoms with van der Waals surface area (Å²) in [6.07, 6.45) is 5.68. The molecule has 1 aliphatic rings. The van der Waals surface area contributed by atoms with Gasteiger partial charge >= 0.3 is 0 Å². The number of ketones is 1. The Morgan fingerprint density at radius 1 is 1.29 bits per heavy atom. The number of aromatic amines is 1. The normalized spacial score (nSPS) is 17.5. The third-order valence-electron chi connectivity index (χ3n) is 4.89. The molecule has 0 radical (unpaired) electrons. The molecule has 1 aromatic carbocycles. The third kappa shape index (κ3) is 2.46. The zero-order chi connectivity index (χ0) is 16.5. The van der Waals surface area contributed by atoms with E-state index in [0.29, 0.717) is 17.0 Å². The molecule has 3 aromatic rings. The van der Waals surface area contributed by atoms with Gasteiger partial charge in [-0.25, -0.2) is 9.97 Å². The number of anilines is 1. The van der Waals surface area contributed by atoms with Crippen molar-refractivity contribution in [1.82, 2.24) is 15.0 Å². The number of carbonyl (C=O) groups excluding carboxylic acids is 1. The summed E-state index contributed by atoms with van der Waals surface area (Å²) >= 11 is 0. The number of nitrogens with zero attached hydrogens (tertiary/aromatic N) is 3. The molecule has 0 amide bonds. The zero-order valence-corrected chi connectivity index (χ0v) is 13.7. The van der Waals surface area contributed by atoms with E-state index >= 15 is 0 Å². The molecule has 5 heteroatoms. The van der Waals surface area contributed by atoms with E-state index in [1.807, 2.05) is 30.3 Å². The van der Waals surface area contributed by atoms with Crippen molar-refractivity contribution in [3.05, 3.63) is 54.0 Å². The van der Waals surface area contributed by atoms with Gasteiger partial charge in [-0.3, -0.25) is 4.79 Å². The quantitative estimate of drug-likeness (QED) is 0.748. The molecule has 3 heterocycles. The first-order chi connectivity index (χ1) is 11.8. The number of fused-ring (bicyclic) bond motifs is 1. The minimum Gasteiger partial charge on any atom is -0.356 e. The molecule has 2 aromatic heterocycles. The molecule has 0 saturated carbocycles. The Kier molecular flexibility index (Phi) is 3.76. The smallest absolute Gasteiger partial charge is 0.195 e. The van der Waals surface area contributed by atoms with E-state index in [2.05, 4.69) is 26.8 Å². The maximum Gasteiger partial charge on any atom is 0.195 e. The van der Waals surface area contributed by atoms with Crippen LogP contribution in [0.1, 0.15) is 35.7 Å². The van der Waals surface area contributed by atoms with Gasteiger partial charge in [0.2, 0.25) is 0 Å². The van der Waals surface area contributed by atoms with E-state index in [4.69, 9.17) is 0 Å². The van der Waals surface area contributed by atoms with Crippen LogP contribution in [0.5, 0.6) is 0 Å². The van der Waals surface area contributed by atoms with E-state index in [0.717, 1.165) is 29.9 Å². The maximum atomic E-state index is 12.9. The highest BCUT2D eigenvalue weighted by Gasteiger charge is 2.26. The largest absolute Gasteiger partial charge is 0.356 e. The van der Waals surface area contributed by atoms with E-state index in [9.17, 15) is 4.79 Å². The number of aromatic nitrogens is 3. The fraction of sp³-hybridized carbons (Fsp3) is 0.316. The highest BCUT2D eigenvalue weighted by atomic mass is 16.1. The second-order valence-electron chi connectivity index (χ2n) is 6.33. The number of hydrogen-bond donors (Lipinski definition) is 1. The van der Waals surface area contributed by atoms with Crippen LogP contribution in [0.3, 0.4) is 0 Å². The molecule has 0 aliphatic carbocycles. The second-order valence-corrected chi connectivity index (χ2v) is 6.33. The Morgan fingerprint density at radius 3 is 2.88 bits per heavy atom.